The molecule has 0 saturated carbocycles. The van der Waals surface area contributed by atoms with Crippen LogP contribution in [0.1, 0.15) is 12.5 Å². The number of anilines is 2. The Bertz CT molecular complexity index is 1260. The number of amides is 2. The van der Waals surface area contributed by atoms with E-state index in [4.69, 9.17) is 14.0 Å². The van der Waals surface area contributed by atoms with Crippen molar-refractivity contribution in [1.29, 1.82) is 0 Å². The molecule has 11 heteroatoms. The summed E-state index contributed by atoms with van der Waals surface area (Å²) >= 11 is 1.16. The van der Waals surface area contributed by atoms with Gasteiger partial charge in [-0.15, -0.1) is 0 Å². The molecule has 0 spiro atoms. The summed E-state index contributed by atoms with van der Waals surface area (Å²) in [5, 5.41) is 6.89. The third-order valence-electron chi connectivity index (χ3n) is 4.97. The fourth-order valence-corrected chi connectivity index (χ4v) is 4.12. The van der Waals surface area contributed by atoms with E-state index in [9.17, 15) is 9.59 Å². The largest absolute Gasteiger partial charge is 0.494 e. The molecule has 1 N–H and O–H groups in total. The van der Waals surface area contributed by atoms with Gasteiger partial charge in [-0.3, -0.25) is 24.3 Å². The number of para-hydroxylation sites is 1. The average molecular weight is 509 g/mol. The highest BCUT2D eigenvalue weighted by molar-refractivity contribution is 8.14. The lowest BCUT2D eigenvalue weighted by molar-refractivity contribution is -0.763. The van der Waals surface area contributed by atoms with Gasteiger partial charge >= 0.3 is 5.88 Å². The summed E-state index contributed by atoms with van der Waals surface area (Å²) in [6.07, 6.45) is 3.29. The van der Waals surface area contributed by atoms with Crippen LogP contribution < -0.4 is 19.6 Å². The van der Waals surface area contributed by atoms with E-state index >= 15 is 0 Å². The molecule has 1 aliphatic rings. The molecule has 0 atom stereocenters. The highest BCUT2D eigenvalue weighted by Gasteiger charge is 2.32. The van der Waals surface area contributed by atoms with Crippen LogP contribution in [0.25, 0.3) is 6.08 Å². The van der Waals surface area contributed by atoms with Crippen LogP contribution in [0.3, 0.4) is 0 Å². The summed E-state index contributed by atoms with van der Waals surface area (Å²) in [5.74, 6) is 0.404. The summed E-state index contributed by atoms with van der Waals surface area (Å²) in [7, 11) is 1.59. The number of nitrogens with zero attached hydrogens (tertiary/aromatic N) is 4. The van der Waals surface area contributed by atoms with Crippen molar-refractivity contribution in [3.05, 3.63) is 72.1 Å². The first-order chi connectivity index (χ1) is 17.6. The quantitative estimate of drug-likeness (QED) is 0.331. The highest BCUT2D eigenvalue weighted by atomic mass is 32.2. The number of carbonyl (C=O) groups excluding carboxylic acids is 2. The lowest BCUT2D eigenvalue weighted by atomic mass is 10.2. The van der Waals surface area contributed by atoms with Crippen LogP contribution in [0.4, 0.5) is 11.6 Å². The van der Waals surface area contributed by atoms with E-state index in [2.05, 4.69) is 15.6 Å². The van der Waals surface area contributed by atoms with Gasteiger partial charge in [0.05, 0.1) is 18.0 Å². The van der Waals surface area contributed by atoms with Crippen molar-refractivity contribution < 1.29 is 28.3 Å². The Balaban J connectivity index is 1.48. The molecule has 2 heterocycles. The predicted molar refractivity (Wildman–Crippen MR) is 137 cm³/mol. The summed E-state index contributed by atoms with van der Waals surface area (Å²) in [4.78, 5) is 31.9. The number of nitrogens with one attached hydrogen (secondary N) is 1. The van der Waals surface area contributed by atoms with E-state index in [1.54, 1.807) is 19.4 Å². The summed E-state index contributed by atoms with van der Waals surface area (Å²) < 4.78 is 17.1. The molecule has 36 heavy (non-hydrogen) atoms. The maximum absolute atomic E-state index is 13.3. The lowest BCUT2D eigenvalue weighted by Crippen LogP contribution is -2.36. The summed E-state index contributed by atoms with van der Waals surface area (Å²) in [6, 6.07) is 16.6. The van der Waals surface area contributed by atoms with Crippen molar-refractivity contribution in [3.63, 3.8) is 0 Å². The number of methoxy groups -OCH3 is 1. The molecule has 2 aromatic carbocycles. The molecular formula is C25H26N5O5S+. The normalized spacial score (nSPS) is 14.3. The number of carbonyl (C=O) groups is 2. The highest BCUT2D eigenvalue weighted by Crippen LogP contribution is 2.29. The van der Waals surface area contributed by atoms with E-state index in [0.717, 1.165) is 23.1 Å². The number of thioether (sulfide) groups is 1. The van der Waals surface area contributed by atoms with E-state index in [1.165, 1.54) is 9.58 Å². The van der Waals surface area contributed by atoms with Gasteiger partial charge in [0.1, 0.15) is 18.1 Å². The van der Waals surface area contributed by atoms with Crippen LogP contribution in [0, 0.1) is 0 Å². The second kappa shape index (κ2) is 12.1. The number of aromatic nitrogens is 2. The van der Waals surface area contributed by atoms with Gasteiger partial charge in [-0.1, -0.05) is 42.1 Å². The zero-order chi connectivity index (χ0) is 25.3. The monoisotopic (exact) mass is 508 g/mol. The van der Waals surface area contributed by atoms with Gasteiger partial charge in [-0.2, -0.15) is 0 Å². The number of rotatable bonds is 10. The van der Waals surface area contributed by atoms with Crippen molar-refractivity contribution >= 4 is 46.4 Å². The molecule has 0 saturated heterocycles. The standard InChI is InChI=1S/C25H25N5O5S/c1-3-34-20-11-9-18(10-12-20)15-21-24(32)30(19-7-5-4-6-8-19)25(26-21)36-17-22(31)27-23-16-29(28-35-23)13-14-33-2/h4-12,15-16H,3,13-14,17H2,1-2H3/p+1/b21-15+. The van der Waals surface area contributed by atoms with Gasteiger partial charge in [0.15, 0.2) is 5.17 Å². The Hall–Kier alpha value is -3.96. The van der Waals surface area contributed by atoms with Crippen molar-refractivity contribution in [2.24, 2.45) is 4.99 Å². The number of hydrogen-bond donors (Lipinski definition) is 1. The SMILES string of the molecule is CCOc1ccc(/C=C2/N=C(SCC(=O)Nc3c[n+](CCOC)no3)N(c3ccccc3)C2=O)cc1. The molecule has 3 aromatic rings. The third kappa shape index (κ3) is 6.37. The number of hydrogen-bond acceptors (Lipinski definition) is 8. The number of ether oxygens (including phenoxy) is 2. The second-order valence-corrected chi connectivity index (χ2v) is 8.50. The van der Waals surface area contributed by atoms with Crippen LogP contribution >= 0.6 is 11.8 Å². The Kier molecular flexibility index (Phi) is 8.48. The van der Waals surface area contributed by atoms with E-state index in [1.807, 2.05) is 61.5 Å². The lowest BCUT2D eigenvalue weighted by Gasteiger charge is -2.17. The van der Waals surface area contributed by atoms with E-state index in [0.29, 0.717) is 30.6 Å². The number of aliphatic imine (C=N–C) groups is 1. The van der Waals surface area contributed by atoms with Crippen molar-refractivity contribution in [2.75, 3.05) is 36.3 Å². The predicted octanol–water partition coefficient (Wildman–Crippen LogP) is 3.12. The average Bonchev–Trinajstić information content (AvgIpc) is 3.46. The van der Waals surface area contributed by atoms with Crippen LogP contribution in [-0.2, 0) is 20.9 Å². The molecular weight excluding hydrogens is 482 g/mol. The van der Waals surface area contributed by atoms with Gasteiger partial charge < -0.3 is 9.47 Å². The molecule has 186 valence electrons. The van der Waals surface area contributed by atoms with E-state index in [-0.39, 0.29) is 29.1 Å². The molecule has 1 aromatic heterocycles. The maximum atomic E-state index is 13.3. The first-order valence-electron chi connectivity index (χ1n) is 11.3. The minimum absolute atomic E-state index is 0.0184. The smallest absolute Gasteiger partial charge is 0.302 e. The topological polar surface area (TPSA) is 110 Å². The van der Waals surface area contributed by atoms with E-state index < -0.39 is 0 Å². The molecule has 0 bridgehead atoms. The van der Waals surface area contributed by atoms with Gasteiger partial charge in [0.2, 0.25) is 17.7 Å². The van der Waals surface area contributed by atoms with Crippen LogP contribution in [0.2, 0.25) is 0 Å². The molecule has 0 radical (unpaired) electrons. The Morgan fingerprint density at radius 2 is 1.97 bits per heavy atom. The van der Waals surface area contributed by atoms with Gasteiger partial charge in [0.25, 0.3) is 12.1 Å². The summed E-state index contributed by atoms with van der Waals surface area (Å²) in [5.41, 5.74) is 1.76. The molecule has 0 fully saturated rings. The first kappa shape index (κ1) is 25.1. The zero-order valence-electron chi connectivity index (χ0n) is 19.9. The van der Waals surface area contributed by atoms with Crippen molar-refractivity contribution in [1.82, 2.24) is 5.27 Å². The first-order valence-corrected chi connectivity index (χ1v) is 12.3. The zero-order valence-corrected chi connectivity index (χ0v) is 20.7. The Morgan fingerprint density at radius 3 is 2.69 bits per heavy atom. The second-order valence-electron chi connectivity index (χ2n) is 7.56. The van der Waals surface area contributed by atoms with Gasteiger partial charge in [0, 0.05) is 7.11 Å². The third-order valence-corrected chi connectivity index (χ3v) is 5.91. The summed E-state index contributed by atoms with van der Waals surface area (Å²) in [6.45, 7) is 3.47. The van der Waals surface area contributed by atoms with Gasteiger partial charge in [-0.25, -0.2) is 4.99 Å². The molecule has 1 aliphatic heterocycles. The minimum Gasteiger partial charge on any atom is -0.494 e. The van der Waals surface area contributed by atoms with Crippen molar-refractivity contribution in [2.45, 2.75) is 13.5 Å². The minimum atomic E-state index is -0.317. The maximum Gasteiger partial charge on any atom is 0.302 e. The fourth-order valence-electron chi connectivity index (χ4n) is 3.31. The number of benzene rings is 2. The van der Waals surface area contributed by atoms with Crippen LogP contribution in [0.5, 0.6) is 5.75 Å². The Morgan fingerprint density at radius 1 is 1.19 bits per heavy atom. The molecule has 2 amide bonds. The fraction of sp³-hybridized carbons (Fsp3) is 0.240. The molecule has 0 unspecified atom stereocenters. The Labute approximate surface area is 212 Å². The van der Waals surface area contributed by atoms with Crippen LogP contribution in [0.15, 0.2) is 76.0 Å². The molecule has 0 aliphatic carbocycles. The molecule has 4 rings (SSSR count). The number of amidine groups is 1. The molecule has 10 nitrogen and oxygen atoms in total. The van der Waals surface area contributed by atoms with Crippen LogP contribution in [-0.4, -0.2) is 48.3 Å². The van der Waals surface area contributed by atoms with Gasteiger partial charge in [-0.05, 0) is 47.5 Å². The van der Waals surface area contributed by atoms with Crippen molar-refractivity contribution in [3.8, 4) is 5.75 Å².